The van der Waals surface area contributed by atoms with Gasteiger partial charge in [0.15, 0.2) is 0 Å². The summed E-state index contributed by atoms with van der Waals surface area (Å²) in [5, 5.41) is 1.03. The van der Waals surface area contributed by atoms with E-state index in [2.05, 4.69) is 30.7 Å². The number of benzene rings is 1. The second kappa shape index (κ2) is 3.44. The molecule has 0 unspecified atom stereocenters. The van der Waals surface area contributed by atoms with E-state index >= 15 is 0 Å². The molecule has 0 fully saturated rings. The quantitative estimate of drug-likeness (QED) is 0.735. The lowest BCUT2D eigenvalue weighted by molar-refractivity contribution is 0.571. The van der Waals surface area contributed by atoms with Crippen molar-refractivity contribution in [1.29, 1.82) is 0 Å². The zero-order valence-corrected chi connectivity index (χ0v) is 10.1. The van der Waals surface area contributed by atoms with Gasteiger partial charge in [0.05, 0.1) is 5.52 Å². The number of aryl methyl sites for hydroxylation is 1. The van der Waals surface area contributed by atoms with Crippen molar-refractivity contribution in [3.63, 3.8) is 0 Å². The van der Waals surface area contributed by atoms with E-state index in [0.29, 0.717) is 0 Å². The van der Waals surface area contributed by atoms with E-state index in [0.717, 1.165) is 22.2 Å². The first-order chi connectivity index (χ1) is 7.38. The minimum Gasteiger partial charge on any atom is -0.309 e. The monoisotopic (exact) mass is 216 g/mol. The molecule has 3 nitrogen and oxygen atoms in total. The highest BCUT2D eigenvalue weighted by atomic mass is 16.1. The first-order valence-electron chi connectivity index (χ1n) is 5.39. The molecule has 16 heavy (non-hydrogen) atoms. The van der Waals surface area contributed by atoms with Crippen LogP contribution in [-0.4, -0.2) is 9.97 Å². The van der Waals surface area contributed by atoms with Gasteiger partial charge in [0, 0.05) is 16.5 Å². The first-order valence-corrected chi connectivity index (χ1v) is 5.39. The summed E-state index contributed by atoms with van der Waals surface area (Å²) >= 11 is 0. The zero-order chi connectivity index (χ0) is 11.9. The van der Waals surface area contributed by atoms with E-state index in [1.165, 1.54) is 0 Å². The third kappa shape index (κ3) is 1.85. The highest BCUT2D eigenvalue weighted by Gasteiger charge is 2.18. The van der Waals surface area contributed by atoms with Gasteiger partial charge in [-0.3, -0.25) is 0 Å². The van der Waals surface area contributed by atoms with Gasteiger partial charge in [-0.05, 0) is 18.6 Å². The van der Waals surface area contributed by atoms with Gasteiger partial charge in [0.2, 0.25) is 0 Å². The van der Waals surface area contributed by atoms with Crippen LogP contribution in [0.25, 0.3) is 10.9 Å². The molecule has 2 rings (SSSR count). The number of nitrogens with one attached hydrogen (secondary N) is 1. The van der Waals surface area contributed by atoms with Crippen LogP contribution >= 0.6 is 0 Å². The lowest BCUT2D eigenvalue weighted by atomic mass is 9.89. The van der Waals surface area contributed by atoms with Crippen LogP contribution < -0.4 is 5.69 Å². The van der Waals surface area contributed by atoms with Crippen molar-refractivity contribution in [1.82, 2.24) is 9.97 Å². The number of aromatic amines is 1. The fraction of sp³-hybridized carbons (Fsp3) is 0.385. The molecular weight excluding hydrogens is 200 g/mol. The van der Waals surface area contributed by atoms with Crippen LogP contribution in [0.4, 0.5) is 0 Å². The molecule has 0 saturated heterocycles. The van der Waals surface area contributed by atoms with Gasteiger partial charge in [-0.25, -0.2) is 4.79 Å². The van der Waals surface area contributed by atoms with Gasteiger partial charge in [-0.15, -0.1) is 0 Å². The number of H-pyrrole nitrogens is 1. The Kier molecular flexibility index (Phi) is 2.34. The Hall–Kier alpha value is -1.64. The molecule has 0 amide bonds. The van der Waals surface area contributed by atoms with E-state index in [1.54, 1.807) is 0 Å². The molecule has 1 N–H and O–H groups in total. The number of hydrogen-bond acceptors (Lipinski definition) is 2. The van der Waals surface area contributed by atoms with Crippen molar-refractivity contribution in [2.75, 3.05) is 0 Å². The third-order valence-corrected chi connectivity index (χ3v) is 2.63. The van der Waals surface area contributed by atoms with Crippen LogP contribution in [0.3, 0.4) is 0 Å². The van der Waals surface area contributed by atoms with E-state index in [1.807, 2.05) is 25.1 Å². The van der Waals surface area contributed by atoms with Crippen molar-refractivity contribution in [2.24, 2.45) is 0 Å². The summed E-state index contributed by atoms with van der Waals surface area (Å²) in [4.78, 5) is 18.3. The summed E-state index contributed by atoms with van der Waals surface area (Å²) in [7, 11) is 0. The van der Waals surface area contributed by atoms with Crippen LogP contribution in [0.5, 0.6) is 0 Å². The largest absolute Gasteiger partial charge is 0.345 e. The molecule has 0 spiro atoms. The van der Waals surface area contributed by atoms with E-state index in [-0.39, 0.29) is 11.1 Å². The van der Waals surface area contributed by atoms with E-state index in [4.69, 9.17) is 0 Å². The topological polar surface area (TPSA) is 45.8 Å². The summed E-state index contributed by atoms with van der Waals surface area (Å²) in [5.74, 6) is 0. The first kappa shape index (κ1) is 10.9. The minimum absolute atomic E-state index is 0.0877. The van der Waals surface area contributed by atoms with Gasteiger partial charge >= 0.3 is 5.69 Å². The second-order valence-electron chi connectivity index (χ2n) is 5.19. The number of fused-ring (bicyclic) bond motifs is 1. The third-order valence-electron chi connectivity index (χ3n) is 2.63. The molecule has 84 valence electrons. The lowest BCUT2D eigenvalue weighted by Crippen LogP contribution is -2.22. The predicted octanol–water partition coefficient (Wildman–Crippen LogP) is 2.53. The average molecular weight is 216 g/mol. The molecule has 0 saturated carbocycles. The number of rotatable bonds is 0. The van der Waals surface area contributed by atoms with Crippen molar-refractivity contribution >= 4 is 10.9 Å². The summed E-state index contributed by atoms with van der Waals surface area (Å²) in [6.45, 7) is 8.24. The predicted molar refractivity (Wildman–Crippen MR) is 65.8 cm³/mol. The molecule has 0 aliphatic heterocycles. The molecule has 2 aromatic rings. The molecule has 0 aliphatic rings. The van der Waals surface area contributed by atoms with Crippen molar-refractivity contribution in [2.45, 2.75) is 33.1 Å². The second-order valence-corrected chi connectivity index (χ2v) is 5.19. The van der Waals surface area contributed by atoms with Crippen LogP contribution in [0.15, 0.2) is 23.0 Å². The fourth-order valence-electron chi connectivity index (χ4n) is 1.85. The number of hydrogen-bond donors (Lipinski definition) is 1. The van der Waals surface area contributed by atoms with Crippen molar-refractivity contribution < 1.29 is 0 Å². The molecule has 1 heterocycles. The van der Waals surface area contributed by atoms with Crippen LogP contribution in [0.2, 0.25) is 0 Å². The van der Waals surface area contributed by atoms with E-state index < -0.39 is 0 Å². The minimum atomic E-state index is -0.275. The summed E-state index contributed by atoms with van der Waals surface area (Å²) < 4.78 is 0. The molecular formula is C13H16N2O. The normalized spacial score (nSPS) is 12.0. The summed E-state index contributed by atoms with van der Waals surface area (Å²) in [5.41, 5.74) is 2.47. The lowest BCUT2D eigenvalue weighted by Gasteiger charge is -2.20. The Morgan fingerprint density at radius 1 is 1.25 bits per heavy atom. The molecule has 0 bridgehead atoms. The molecule has 1 aromatic heterocycles. The van der Waals surface area contributed by atoms with Crippen molar-refractivity contribution in [3.8, 4) is 0 Å². The SMILES string of the molecule is Cc1ccc2c(C(C)(C)C)[nH]c(=O)nc2c1. The fourth-order valence-corrected chi connectivity index (χ4v) is 1.85. The smallest absolute Gasteiger partial charge is 0.309 e. The molecule has 0 radical (unpaired) electrons. The maximum absolute atomic E-state index is 11.5. The van der Waals surface area contributed by atoms with Crippen molar-refractivity contribution in [3.05, 3.63) is 39.9 Å². The molecule has 0 aliphatic carbocycles. The summed E-state index contributed by atoms with van der Waals surface area (Å²) in [6.07, 6.45) is 0. The maximum atomic E-state index is 11.5. The van der Waals surface area contributed by atoms with Gasteiger partial charge in [-0.2, -0.15) is 4.98 Å². The van der Waals surface area contributed by atoms with Gasteiger partial charge in [0.25, 0.3) is 0 Å². The highest BCUT2D eigenvalue weighted by molar-refractivity contribution is 5.82. The Bertz CT molecular complexity index is 591. The van der Waals surface area contributed by atoms with Gasteiger partial charge in [0.1, 0.15) is 0 Å². The molecule has 3 heteroatoms. The Morgan fingerprint density at radius 2 is 1.94 bits per heavy atom. The number of nitrogens with zero attached hydrogens (tertiary/aromatic N) is 1. The Balaban J connectivity index is 2.89. The van der Waals surface area contributed by atoms with Gasteiger partial charge < -0.3 is 4.98 Å². The van der Waals surface area contributed by atoms with Crippen LogP contribution in [0.1, 0.15) is 32.0 Å². The Morgan fingerprint density at radius 3 is 2.56 bits per heavy atom. The zero-order valence-electron chi connectivity index (χ0n) is 10.1. The van der Waals surface area contributed by atoms with Crippen LogP contribution in [-0.2, 0) is 5.41 Å². The average Bonchev–Trinajstić information content (AvgIpc) is 2.14. The summed E-state index contributed by atoms with van der Waals surface area (Å²) in [6, 6.07) is 6.01. The number of aromatic nitrogens is 2. The highest BCUT2D eigenvalue weighted by Crippen LogP contribution is 2.26. The molecule has 1 aromatic carbocycles. The standard InChI is InChI=1S/C13H16N2O/c1-8-5-6-9-10(7-8)14-12(16)15-11(9)13(2,3)4/h5-7H,1-4H3,(H,14,15,16). The van der Waals surface area contributed by atoms with E-state index in [9.17, 15) is 4.79 Å². The maximum Gasteiger partial charge on any atom is 0.345 e. The van der Waals surface area contributed by atoms with Gasteiger partial charge in [-0.1, -0.05) is 32.9 Å². The van der Waals surface area contributed by atoms with Crippen LogP contribution in [0, 0.1) is 6.92 Å². The molecule has 0 atom stereocenters. The Labute approximate surface area is 94.5 Å².